The van der Waals surface area contributed by atoms with Crippen molar-refractivity contribution in [1.29, 1.82) is 0 Å². The lowest BCUT2D eigenvalue weighted by Gasteiger charge is -2.37. The molecule has 1 fully saturated rings. The Balaban J connectivity index is 2.29. The first-order chi connectivity index (χ1) is 8.63. The Morgan fingerprint density at radius 1 is 1.50 bits per heavy atom. The number of non-ortho nitro benzene ring substituents is 1. The maximum Gasteiger partial charge on any atom is 0.271 e. The Kier molecular flexibility index (Phi) is 3.66. The molecule has 1 aliphatic heterocycles. The molecule has 0 aromatic heterocycles. The zero-order valence-electron chi connectivity index (χ0n) is 10.1. The van der Waals surface area contributed by atoms with Gasteiger partial charge in [-0.15, -0.1) is 0 Å². The van der Waals surface area contributed by atoms with Crippen molar-refractivity contribution in [2.75, 3.05) is 23.8 Å². The molecule has 6 heteroatoms. The van der Waals surface area contributed by atoms with Crippen LogP contribution in [0.3, 0.4) is 0 Å². The van der Waals surface area contributed by atoms with E-state index in [1.165, 1.54) is 12.1 Å². The number of nitro groups is 1. The van der Waals surface area contributed by atoms with Gasteiger partial charge in [0.05, 0.1) is 28.9 Å². The third-order valence-electron chi connectivity index (χ3n) is 3.37. The van der Waals surface area contributed by atoms with Crippen molar-refractivity contribution >= 4 is 17.1 Å². The molecule has 1 aromatic carbocycles. The van der Waals surface area contributed by atoms with Crippen LogP contribution in [0.15, 0.2) is 18.2 Å². The number of nitrogens with zero attached hydrogens (tertiary/aromatic N) is 2. The summed E-state index contributed by atoms with van der Waals surface area (Å²) in [5.41, 5.74) is 7.04. The fourth-order valence-electron chi connectivity index (χ4n) is 2.42. The van der Waals surface area contributed by atoms with E-state index < -0.39 is 4.92 Å². The Labute approximate surface area is 105 Å². The number of aliphatic hydroxyl groups is 1. The normalized spacial score (nSPS) is 19.8. The summed E-state index contributed by atoms with van der Waals surface area (Å²) in [5.74, 6) is 0. The maximum absolute atomic E-state index is 10.7. The molecular weight excluding hydrogens is 234 g/mol. The molecule has 2 rings (SSSR count). The molecule has 1 saturated heterocycles. The average molecular weight is 251 g/mol. The van der Waals surface area contributed by atoms with Gasteiger partial charge in [-0.1, -0.05) is 0 Å². The Hall–Kier alpha value is -1.82. The predicted molar refractivity (Wildman–Crippen MR) is 69.6 cm³/mol. The van der Waals surface area contributed by atoms with Gasteiger partial charge in [0, 0.05) is 18.7 Å². The zero-order chi connectivity index (χ0) is 13.1. The first-order valence-corrected chi connectivity index (χ1v) is 6.05. The summed E-state index contributed by atoms with van der Waals surface area (Å²) in [6, 6.07) is 4.55. The monoisotopic (exact) mass is 251 g/mol. The number of hydrogen-bond acceptors (Lipinski definition) is 5. The van der Waals surface area contributed by atoms with E-state index in [0.717, 1.165) is 31.5 Å². The number of benzene rings is 1. The number of hydrogen-bond donors (Lipinski definition) is 2. The topological polar surface area (TPSA) is 92.6 Å². The molecule has 0 spiro atoms. The van der Waals surface area contributed by atoms with Crippen molar-refractivity contribution in [2.45, 2.75) is 25.3 Å². The molecule has 1 unspecified atom stereocenters. The summed E-state index contributed by atoms with van der Waals surface area (Å²) in [5, 5.41) is 20.0. The van der Waals surface area contributed by atoms with Crippen molar-refractivity contribution in [1.82, 2.24) is 0 Å². The fraction of sp³-hybridized carbons (Fsp3) is 0.500. The first-order valence-electron chi connectivity index (χ1n) is 6.05. The van der Waals surface area contributed by atoms with E-state index in [2.05, 4.69) is 0 Å². The highest BCUT2D eigenvalue weighted by Gasteiger charge is 2.24. The lowest BCUT2D eigenvalue weighted by Crippen LogP contribution is -2.42. The van der Waals surface area contributed by atoms with E-state index in [9.17, 15) is 15.2 Å². The molecule has 98 valence electrons. The minimum Gasteiger partial charge on any atom is -0.397 e. The van der Waals surface area contributed by atoms with Gasteiger partial charge in [0.1, 0.15) is 0 Å². The standard InChI is InChI=1S/C12H17N3O3/c13-11-7-9(15(17)18)4-5-12(11)14-6-2-1-3-10(14)8-16/h4-5,7,10,16H,1-3,6,8,13H2. The van der Waals surface area contributed by atoms with Crippen LogP contribution >= 0.6 is 0 Å². The summed E-state index contributed by atoms with van der Waals surface area (Å²) in [6.07, 6.45) is 3.06. The molecule has 0 radical (unpaired) electrons. The van der Waals surface area contributed by atoms with E-state index >= 15 is 0 Å². The summed E-state index contributed by atoms with van der Waals surface area (Å²) in [7, 11) is 0. The van der Waals surface area contributed by atoms with Crippen LogP contribution in [0.5, 0.6) is 0 Å². The van der Waals surface area contributed by atoms with Gasteiger partial charge in [-0.05, 0) is 25.3 Å². The van der Waals surface area contributed by atoms with Crippen LogP contribution in [-0.2, 0) is 0 Å². The summed E-state index contributed by atoms with van der Waals surface area (Å²) in [4.78, 5) is 12.2. The Morgan fingerprint density at radius 2 is 2.28 bits per heavy atom. The quantitative estimate of drug-likeness (QED) is 0.483. The number of piperidine rings is 1. The van der Waals surface area contributed by atoms with Crippen molar-refractivity contribution in [2.24, 2.45) is 0 Å². The van der Waals surface area contributed by atoms with Crippen LogP contribution in [0, 0.1) is 10.1 Å². The van der Waals surface area contributed by atoms with Crippen LogP contribution < -0.4 is 10.6 Å². The number of nitrogens with two attached hydrogens (primary N) is 1. The molecule has 0 aliphatic carbocycles. The van der Waals surface area contributed by atoms with Gasteiger partial charge in [0.15, 0.2) is 0 Å². The molecular formula is C12H17N3O3. The second-order valence-corrected chi connectivity index (χ2v) is 4.53. The predicted octanol–water partition coefficient (Wildman–Crippen LogP) is 1.53. The minimum atomic E-state index is -0.458. The molecule has 0 saturated carbocycles. The Bertz CT molecular complexity index is 450. The highest BCUT2D eigenvalue weighted by Crippen LogP contribution is 2.32. The van der Waals surface area contributed by atoms with Crippen LogP contribution in [0.4, 0.5) is 17.1 Å². The number of rotatable bonds is 3. The van der Waals surface area contributed by atoms with Crippen LogP contribution in [-0.4, -0.2) is 29.2 Å². The number of aliphatic hydroxyl groups excluding tert-OH is 1. The molecule has 1 aliphatic rings. The van der Waals surface area contributed by atoms with Crippen molar-refractivity contribution in [3.8, 4) is 0 Å². The largest absolute Gasteiger partial charge is 0.397 e. The highest BCUT2D eigenvalue weighted by molar-refractivity contribution is 5.71. The first kappa shape index (κ1) is 12.6. The lowest BCUT2D eigenvalue weighted by molar-refractivity contribution is -0.384. The second-order valence-electron chi connectivity index (χ2n) is 4.53. The lowest BCUT2D eigenvalue weighted by atomic mass is 10.0. The van der Waals surface area contributed by atoms with Gasteiger partial charge in [-0.2, -0.15) is 0 Å². The minimum absolute atomic E-state index is 0.00573. The van der Waals surface area contributed by atoms with Crippen molar-refractivity contribution in [3.05, 3.63) is 28.3 Å². The molecule has 0 amide bonds. The molecule has 18 heavy (non-hydrogen) atoms. The molecule has 1 aromatic rings. The number of anilines is 2. The van der Waals surface area contributed by atoms with Gasteiger partial charge >= 0.3 is 0 Å². The van der Waals surface area contributed by atoms with Gasteiger partial charge in [0.2, 0.25) is 0 Å². The second kappa shape index (κ2) is 5.22. The van der Waals surface area contributed by atoms with Crippen molar-refractivity contribution in [3.63, 3.8) is 0 Å². The van der Waals surface area contributed by atoms with E-state index in [1.54, 1.807) is 6.07 Å². The molecule has 1 atom stereocenters. The average Bonchev–Trinajstić information content (AvgIpc) is 2.38. The van der Waals surface area contributed by atoms with Gasteiger partial charge < -0.3 is 15.7 Å². The molecule has 1 heterocycles. The SMILES string of the molecule is Nc1cc([N+](=O)[O-])ccc1N1CCCCC1CO. The smallest absolute Gasteiger partial charge is 0.271 e. The fourth-order valence-corrected chi connectivity index (χ4v) is 2.42. The van der Waals surface area contributed by atoms with Crippen LogP contribution in [0.2, 0.25) is 0 Å². The summed E-state index contributed by atoms with van der Waals surface area (Å²) >= 11 is 0. The van der Waals surface area contributed by atoms with E-state index in [1.807, 2.05) is 4.90 Å². The third kappa shape index (κ3) is 2.38. The number of nitro benzene ring substituents is 1. The van der Waals surface area contributed by atoms with Crippen LogP contribution in [0.1, 0.15) is 19.3 Å². The van der Waals surface area contributed by atoms with Gasteiger partial charge in [0.25, 0.3) is 5.69 Å². The van der Waals surface area contributed by atoms with E-state index in [0.29, 0.717) is 5.69 Å². The maximum atomic E-state index is 10.7. The summed E-state index contributed by atoms with van der Waals surface area (Å²) < 4.78 is 0. The molecule has 0 bridgehead atoms. The highest BCUT2D eigenvalue weighted by atomic mass is 16.6. The Morgan fingerprint density at radius 3 is 2.89 bits per heavy atom. The van der Waals surface area contributed by atoms with Crippen LogP contribution in [0.25, 0.3) is 0 Å². The van der Waals surface area contributed by atoms with Gasteiger partial charge in [-0.3, -0.25) is 10.1 Å². The van der Waals surface area contributed by atoms with Gasteiger partial charge in [-0.25, -0.2) is 0 Å². The third-order valence-corrected chi connectivity index (χ3v) is 3.37. The zero-order valence-corrected chi connectivity index (χ0v) is 10.1. The molecule has 6 nitrogen and oxygen atoms in total. The molecule has 3 N–H and O–H groups in total. The van der Waals surface area contributed by atoms with Crippen molar-refractivity contribution < 1.29 is 10.0 Å². The number of nitrogen functional groups attached to an aromatic ring is 1. The van der Waals surface area contributed by atoms with E-state index in [4.69, 9.17) is 5.73 Å². The summed E-state index contributed by atoms with van der Waals surface area (Å²) in [6.45, 7) is 0.906. The van der Waals surface area contributed by atoms with E-state index in [-0.39, 0.29) is 18.3 Å².